The summed E-state index contributed by atoms with van der Waals surface area (Å²) in [6, 6.07) is 0. The van der Waals surface area contributed by atoms with Gasteiger partial charge in [-0.15, -0.1) is 0 Å². The molecule has 0 saturated carbocycles. The second-order valence-corrected chi connectivity index (χ2v) is 7.16. The molecule has 0 heterocycles. The number of unbranched alkanes of at least 4 members (excludes halogenated alkanes) is 11. The van der Waals surface area contributed by atoms with Gasteiger partial charge in [-0.25, -0.2) is 0 Å². The maximum Gasteiger partial charge on any atom is 0.325 e. The van der Waals surface area contributed by atoms with Crippen molar-refractivity contribution in [1.29, 1.82) is 0 Å². The van der Waals surface area contributed by atoms with Gasteiger partial charge in [0.15, 0.2) is 0 Å². The van der Waals surface area contributed by atoms with E-state index in [2.05, 4.69) is 23.8 Å². The summed E-state index contributed by atoms with van der Waals surface area (Å²) in [7, 11) is 2.99. The third-order valence-electron chi connectivity index (χ3n) is 4.67. The van der Waals surface area contributed by atoms with E-state index < -0.39 is 0 Å². The number of rotatable bonds is 17. The van der Waals surface area contributed by atoms with Gasteiger partial charge in [0, 0.05) is 13.5 Å². The molecule has 4 nitrogen and oxygen atoms in total. The van der Waals surface area contributed by atoms with Gasteiger partial charge in [0.1, 0.15) is 6.54 Å². The zero-order valence-corrected chi connectivity index (χ0v) is 17.4. The summed E-state index contributed by atoms with van der Waals surface area (Å²) in [5.74, 6) is -0.349. The summed E-state index contributed by atoms with van der Waals surface area (Å²) in [5.41, 5.74) is 0. The third kappa shape index (κ3) is 16.2. The summed E-state index contributed by atoms with van der Waals surface area (Å²) in [6.45, 7) is 2.30. The van der Waals surface area contributed by atoms with Gasteiger partial charge in [-0.3, -0.25) is 9.59 Å². The van der Waals surface area contributed by atoms with Crippen LogP contribution in [0, 0.1) is 0 Å². The standard InChI is InChI=1S/C22H41NO3/c1-4-5-6-7-8-9-10-11-12-13-14-15-16-17-18-19-21(24)23(2)20-22(25)26-3/h11-12H,4-10,13-20H2,1-3H3. The van der Waals surface area contributed by atoms with E-state index in [-0.39, 0.29) is 18.4 Å². The topological polar surface area (TPSA) is 46.6 Å². The fraction of sp³-hybridized carbons (Fsp3) is 0.818. The fourth-order valence-electron chi connectivity index (χ4n) is 2.88. The predicted octanol–water partition coefficient (Wildman–Crippen LogP) is 5.66. The average Bonchev–Trinajstić information content (AvgIpc) is 2.64. The molecule has 0 rings (SSSR count). The number of hydrogen-bond donors (Lipinski definition) is 0. The van der Waals surface area contributed by atoms with Crippen molar-refractivity contribution in [2.75, 3.05) is 20.7 Å². The predicted molar refractivity (Wildman–Crippen MR) is 109 cm³/mol. The lowest BCUT2D eigenvalue weighted by Gasteiger charge is -2.15. The van der Waals surface area contributed by atoms with Crippen molar-refractivity contribution in [3.8, 4) is 0 Å². The van der Waals surface area contributed by atoms with Crippen molar-refractivity contribution >= 4 is 11.9 Å². The minimum atomic E-state index is -0.370. The van der Waals surface area contributed by atoms with Crippen LogP contribution in [0.3, 0.4) is 0 Å². The zero-order valence-electron chi connectivity index (χ0n) is 17.4. The number of carbonyl (C=O) groups is 2. The summed E-state index contributed by atoms with van der Waals surface area (Å²) in [5, 5.41) is 0. The van der Waals surface area contributed by atoms with Crippen molar-refractivity contribution in [2.24, 2.45) is 0 Å². The van der Waals surface area contributed by atoms with Crippen LogP contribution < -0.4 is 0 Å². The number of methoxy groups -OCH3 is 1. The largest absolute Gasteiger partial charge is 0.468 e. The molecule has 0 atom stereocenters. The Hall–Kier alpha value is -1.32. The van der Waals surface area contributed by atoms with E-state index in [0.29, 0.717) is 6.42 Å². The molecule has 0 N–H and O–H groups in total. The molecule has 0 spiro atoms. The fourth-order valence-corrected chi connectivity index (χ4v) is 2.88. The van der Waals surface area contributed by atoms with Gasteiger partial charge in [-0.2, -0.15) is 0 Å². The van der Waals surface area contributed by atoms with Gasteiger partial charge >= 0.3 is 5.97 Å². The first-order valence-electron chi connectivity index (χ1n) is 10.6. The first-order chi connectivity index (χ1) is 12.6. The Labute approximate surface area is 161 Å². The molecule has 0 saturated heterocycles. The number of likely N-dealkylation sites (N-methyl/N-ethyl adjacent to an activating group) is 1. The molecule has 0 fully saturated rings. The second kappa shape index (κ2) is 18.5. The molecule has 4 heteroatoms. The van der Waals surface area contributed by atoms with Gasteiger partial charge in [0.25, 0.3) is 0 Å². The highest BCUT2D eigenvalue weighted by Crippen LogP contribution is 2.10. The lowest BCUT2D eigenvalue weighted by molar-refractivity contribution is -0.146. The quantitative estimate of drug-likeness (QED) is 0.189. The van der Waals surface area contributed by atoms with Gasteiger partial charge in [-0.1, -0.05) is 70.4 Å². The van der Waals surface area contributed by atoms with E-state index in [4.69, 9.17) is 0 Å². The molecule has 0 aromatic heterocycles. The van der Waals surface area contributed by atoms with Crippen molar-refractivity contribution in [3.63, 3.8) is 0 Å². The Bertz CT molecular complexity index is 380. The number of nitrogens with zero attached hydrogens (tertiary/aromatic N) is 1. The molecule has 1 amide bonds. The van der Waals surface area contributed by atoms with Crippen LogP contribution in [0.25, 0.3) is 0 Å². The van der Waals surface area contributed by atoms with Crippen molar-refractivity contribution in [1.82, 2.24) is 4.90 Å². The Balaban J connectivity index is 3.36. The Morgan fingerprint density at radius 1 is 0.808 bits per heavy atom. The molecular weight excluding hydrogens is 326 g/mol. The molecule has 0 bridgehead atoms. The maximum atomic E-state index is 11.8. The summed E-state index contributed by atoms with van der Waals surface area (Å²) in [4.78, 5) is 24.4. The highest BCUT2D eigenvalue weighted by Gasteiger charge is 2.12. The van der Waals surface area contributed by atoms with Crippen LogP contribution in [-0.2, 0) is 14.3 Å². The van der Waals surface area contributed by atoms with Crippen LogP contribution >= 0.6 is 0 Å². The van der Waals surface area contributed by atoms with Crippen LogP contribution in [0.15, 0.2) is 12.2 Å². The van der Waals surface area contributed by atoms with Gasteiger partial charge in [0.2, 0.25) is 5.91 Å². The number of ether oxygens (including phenoxy) is 1. The Kier molecular flexibility index (Phi) is 17.5. The molecule has 26 heavy (non-hydrogen) atoms. The first kappa shape index (κ1) is 24.7. The van der Waals surface area contributed by atoms with E-state index in [1.807, 2.05) is 0 Å². The van der Waals surface area contributed by atoms with Gasteiger partial charge < -0.3 is 9.64 Å². The summed E-state index contributed by atoms with van der Waals surface area (Å²) in [6.07, 6.45) is 21.4. The van der Waals surface area contributed by atoms with Crippen LogP contribution in [0.1, 0.15) is 96.8 Å². The van der Waals surface area contributed by atoms with Crippen molar-refractivity contribution in [2.45, 2.75) is 96.8 Å². The lowest BCUT2D eigenvalue weighted by atomic mass is 10.1. The van der Waals surface area contributed by atoms with E-state index >= 15 is 0 Å². The average molecular weight is 368 g/mol. The number of carbonyl (C=O) groups excluding carboxylic acids is 2. The number of allylic oxidation sites excluding steroid dienone is 2. The van der Waals surface area contributed by atoms with Crippen LogP contribution in [0.4, 0.5) is 0 Å². The molecule has 0 aromatic carbocycles. The van der Waals surface area contributed by atoms with E-state index in [0.717, 1.165) is 12.8 Å². The van der Waals surface area contributed by atoms with Crippen LogP contribution in [-0.4, -0.2) is 37.5 Å². The van der Waals surface area contributed by atoms with Crippen LogP contribution in [0.5, 0.6) is 0 Å². The molecule has 0 radical (unpaired) electrons. The van der Waals surface area contributed by atoms with Gasteiger partial charge in [0.05, 0.1) is 7.11 Å². The van der Waals surface area contributed by atoms with E-state index in [1.54, 1.807) is 7.05 Å². The summed E-state index contributed by atoms with van der Waals surface area (Å²) < 4.78 is 4.56. The number of amides is 1. The molecule has 0 unspecified atom stereocenters. The third-order valence-corrected chi connectivity index (χ3v) is 4.67. The monoisotopic (exact) mass is 367 g/mol. The number of esters is 1. The molecule has 0 aromatic rings. The second-order valence-electron chi connectivity index (χ2n) is 7.16. The Morgan fingerprint density at radius 3 is 1.85 bits per heavy atom. The van der Waals surface area contributed by atoms with Gasteiger partial charge in [-0.05, 0) is 32.1 Å². The molecule has 0 aliphatic heterocycles. The molecular formula is C22H41NO3. The highest BCUT2D eigenvalue weighted by atomic mass is 16.5. The SMILES string of the molecule is CCCCCCCCC=CCCCCCCCC(=O)N(C)CC(=O)OC. The van der Waals surface area contributed by atoms with Crippen LogP contribution in [0.2, 0.25) is 0 Å². The highest BCUT2D eigenvalue weighted by molar-refractivity contribution is 5.81. The Morgan fingerprint density at radius 2 is 1.31 bits per heavy atom. The minimum absolute atomic E-state index is 0.0213. The number of hydrogen-bond acceptors (Lipinski definition) is 3. The smallest absolute Gasteiger partial charge is 0.325 e. The van der Waals surface area contributed by atoms with Crippen molar-refractivity contribution in [3.05, 3.63) is 12.2 Å². The zero-order chi connectivity index (χ0) is 19.5. The van der Waals surface area contributed by atoms with Crippen molar-refractivity contribution < 1.29 is 14.3 Å². The maximum absolute atomic E-state index is 11.8. The molecule has 152 valence electrons. The molecule has 0 aliphatic rings. The molecule has 0 aliphatic carbocycles. The first-order valence-corrected chi connectivity index (χ1v) is 10.6. The van der Waals surface area contributed by atoms with E-state index in [9.17, 15) is 9.59 Å². The normalized spacial score (nSPS) is 11.0. The minimum Gasteiger partial charge on any atom is -0.468 e. The summed E-state index contributed by atoms with van der Waals surface area (Å²) >= 11 is 0. The van der Waals surface area contributed by atoms with E-state index in [1.165, 1.54) is 82.6 Å². The lowest BCUT2D eigenvalue weighted by Crippen LogP contribution is -2.32.